The predicted octanol–water partition coefficient (Wildman–Crippen LogP) is 4.81. The molecule has 2 aromatic carbocycles. The molecule has 0 aliphatic heterocycles. The number of halogens is 1. The van der Waals surface area contributed by atoms with Crippen LogP contribution in [-0.2, 0) is 0 Å². The SMILES string of the molecule is O=[N+]([O-])c1ccc(N/N=C/c2ccc(-c3ccc(I)cc3)o2)c([N+](=O)[O-])c1. The van der Waals surface area contributed by atoms with Crippen LogP contribution in [0, 0.1) is 23.8 Å². The summed E-state index contributed by atoms with van der Waals surface area (Å²) in [6.45, 7) is 0. The van der Waals surface area contributed by atoms with E-state index in [-0.39, 0.29) is 11.4 Å². The molecule has 0 bridgehead atoms. The van der Waals surface area contributed by atoms with Gasteiger partial charge in [-0.25, -0.2) is 0 Å². The fourth-order valence-corrected chi connectivity index (χ4v) is 2.60. The number of anilines is 1. The van der Waals surface area contributed by atoms with E-state index in [1.165, 1.54) is 12.3 Å². The summed E-state index contributed by atoms with van der Waals surface area (Å²) in [7, 11) is 0. The molecule has 0 aliphatic rings. The minimum Gasteiger partial charge on any atom is -0.455 e. The zero-order valence-corrected chi connectivity index (χ0v) is 15.7. The van der Waals surface area contributed by atoms with Gasteiger partial charge in [-0.05, 0) is 52.9 Å². The molecule has 136 valence electrons. The van der Waals surface area contributed by atoms with Gasteiger partial charge < -0.3 is 4.42 Å². The predicted molar refractivity (Wildman–Crippen MR) is 108 cm³/mol. The van der Waals surface area contributed by atoms with Crippen molar-refractivity contribution in [3.05, 3.63) is 84.2 Å². The third-order valence-corrected chi connectivity index (χ3v) is 4.24. The van der Waals surface area contributed by atoms with Crippen molar-refractivity contribution in [1.82, 2.24) is 0 Å². The maximum absolute atomic E-state index is 11.1. The average molecular weight is 478 g/mol. The van der Waals surface area contributed by atoms with Crippen LogP contribution in [0.1, 0.15) is 5.76 Å². The molecule has 0 aliphatic carbocycles. The van der Waals surface area contributed by atoms with E-state index < -0.39 is 15.5 Å². The highest BCUT2D eigenvalue weighted by atomic mass is 127. The quantitative estimate of drug-likeness (QED) is 0.235. The van der Waals surface area contributed by atoms with E-state index in [4.69, 9.17) is 4.42 Å². The molecule has 0 amide bonds. The number of nitrogens with zero attached hydrogens (tertiary/aromatic N) is 3. The van der Waals surface area contributed by atoms with Crippen LogP contribution >= 0.6 is 22.6 Å². The van der Waals surface area contributed by atoms with Crippen LogP contribution in [0.2, 0.25) is 0 Å². The fourth-order valence-electron chi connectivity index (χ4n) is 2.24. The molecule has 0 atom stereocenters. The van der Waals surface area contributed by atoms with Crippen molar-refractivity contribution in [2.45, 2.75) is 0 Å². The van der Waals surface area contributed by atoms with Gasteiger partial charge in [0.2, 0.25) is 0 Å². The number of nitro benzene ring substituents is 2. The van der Waals surface area contributed by atoms with E-state index in [9.17, 15) is 20.2 Å². The van der Waals surface area contributed by atoms with Gasteiger partial charge in [0.05, 0.1) is 22.1 Å². The maximum Gasteiger partial charge on any atom is 0.301 e. The van der Waals surface area contributed by atoms with E-state index in [2.05, 4.69) is 33.1 Å². The smallest absolute Gasteiger partial charge is 0.301 e. The van der Waals surface area contributed by atoms with Crippen LogP contribution in [0.3, 0.4) is 0 Å². The second-order valence-electron chi connectivity index (χ2n) is 5.29. The Morgan fingerprint density at radius 2 is 1.74 bits per heavy atom. The number of nitro groups is 2. The standard InChI is InChI=1S/C17H11IN4O5/c18-12-3-1-11(2-4-12)17-8-6-14(27-17)10-19-20-15-7-5-13(21(23)24)9-16(15)22(25)26/h1-10,20H/b19-10+. The Hall–Kier alpha value is -3.28. The summed E-state index contributed by atoms with van der Waals surface area (Å²) in [5.41, 5.74) is 2.64. The van der Waals surface area contributed by atoms with E-state index in [1.54, 1.807) is 12.1 Å². The monoisotopic (exact) mass is 478 g/mol. The van der Waals surface area contributed by atoms with Gasteiger partial charge in [-0.2, -0.15) is 5.10 Å². The minimum atomic E-state index is -0.716. The first-order valence-electron chi connectivity index (χ1n) is 7.52. The molecule has 1 N–H and O–H groups in total. The summed E-state index contributed by atoms with van der Waals surface area (Å²) < 4.78 is 6.77. The first-order valence-corrected chi connectivity index (χ1v) is 8.59. The summed E-state index contributed by atoms with van der Waals surface area (Å²) >= 11 is 2.21. The Bertz CT molecular complexity index is 1030. The van der Waals surface area contributed by atoms with E-state index >= 15 is 0 Å². The Morgan fingerprint density at radius 1 is 1.00 bits per heavy atom. The molecule has 0 unspecified atom stereocenters. The summed E-state index contributed by atoms with van der Waals surface area (Å²) in [6, 6.07) is 14.5. The molecule has 1 aromatic heterocycles. The van der Waals surface area contributed by atoms with Crippen molar-refractivity contribution in [1.29, 1.82) is 0 Å². The minimum absolute atomic E-state index is 0.0336. The van der Waals surface area contributed by atoms with Gasteiger partial charge in [-0.15, -0.1) is 0 Å². The Kier molecular flexibility index (Phi) is 5.45. The first kappa shape index (κ1) is 18.5. The van der Waals surface area contributed by atoms with Crippen LogP contribution in [0.4, 0.5) is 17.1 Å². The van der Waals surface area contributed by atoms with E-state index in [0.717, 1.165) is 21.3 Å². The molecule has 3 aromatic rings. The van der Waals surface area contributed by atoms with Gasteiger partial charge in [0.1, 0.15) is 17.2 Å². The van der Waals surface area contributed by atoms with Crippen molar-refractivity contribution in [3.63, 3.8) is 0 Å². The van der Waals surface area contributed by atoms with Crippen molar-refractivity contribution >= 4 is 45.9 Å². The number of hydrogen-bond acceptors (Lipinski definition) is 7. The van der Waals surface area contributed by atoms with E-state index in [0.29, 0.717) is 11.5 Å². The van der Waals surface area contributed by atoms with Gasteiger partial charge in [-0.3, -0.25) is 25.7 Å². The molecular weight excluding hydrogens is 467 g/mol. The lowest BCUT2D eigenvalue weighted by atomic mass is 10.2. The van der Waals surface area contributed by atoms with Crippen LogP contribution in [0.5, 0.6) is 0 Å². The molecule has 27 heavy (non-hydrogen) atoms. The molecule has 0 fully saturated rings. The Morgan fingerprint density at radius 3 is 2.41 bits per heavy atom. The van der Waals surface area contributed by atoms with Gasteiger partial charge in [0.15, 0.2) is 0 Å². The zero-order valence-electron chi connectivity index (χ0n) is 13.5. The van der Waals surface area contributed by atoms with Gasteiger partial charge in [0, 0.05) is 15.2 Å². The summed E-state index contributed by atoms with van der Waals surface area (Å²) in [5, 5.41) is 25.7. The van der Waals surface area contributed by atoms with Crippen LogP contribution in [-0.4, -0.2) is 16.1 Å². The number of hydrogen-bond donors (Lipinski definition) is 1. The number of hydrazone groups is 1. The molecule has 10 heteroatoms. The highest BCUT2D eigenvalue weighted by Gasteiger charge is 2.19. The number of nitrogens with one attached hydrogen (secondary N) is 1. The topological polar surface area (TPSA) is 124 Å². The van der Waals surface area contributed by atoms with Gasteiger partial charge in [0.25, 0.3) is 5.69 Å². The van der Waals surface area contributed by atoms with E-state index in [1.807, 2.05) is 24.3 Å². The second-order valence-corrected chi connectivity index (χ2v) is 6.54. The number of non-ortho nitro benzene ring substituents is 1. The van der Waals surface area contributed by atoms with Crippen LogP contribution in [0.15, 0.2) is 64.1 Å². The molecule has 0 radical (unpaired) electrons. The normalized spacial score (nSPS) is 10.9. The Balaban J connectivity index is 1.75. The third-order valence-electron chi connectivity index (χ3n) is 3.52. The second kappa shape index (κ2) is 7.95. The summed E-state index contributed by atoms with van der Waals surface area (Å²) in [5.74, 6) is 1.11. The van der Waals surface area contributed by atoms with Crippen molar-refractivity contribution in [2.24, 2.45) is 5.10 Å². The van der Waals surface area contributed by atoms with Crippen molar-refractivity contribution in [2.75, 3.05) is 5.43 Å². The molecule has 1 heterocycles. The first-order chi connectivity index (χ1) is 12.9. The molecule has 0 saturated carbocycles. The lowest BCUT2D eigenvalue weighted by Gasteiger charge is -2.01. The Labute approximate surface area is 166 Å². The largest absolute Gasteiger partial charge is 0.455 e. The van der Waals surface area contributed by atoms with Gasteiger partial charge in [-0.1, -0.05) is 12.1 Å². The van der Waals surface area contributed by atoms with Crippen molar-refractivity contribution in [3.8, 4) is 11.3 Å². The van der Waals surface area contributed by atoms with Crippen molar-refractivity contribution < 1.29 is 14.3 Å². The number of furan rings is 1. The van der Waals surface area contributed by atoms with Crippen LogP contribution in [0.25, 0.3) is 11.3 Å². The molecule has 0 spiro atoms. The zero-order chi connectivity index (χ0) is 19.4. The molecule has 3 rings (SSSR count). The molecule has 0 saturated heterocycles. The lowest BCUT2D eigenvalue weighted by molar-refractivity contribution is -0.393. The summed E-state index contributed by atoms with van der Waals surface area (Å²) in [4.78, 5) is 20.4. The summed E-state index contributed by atoms with van der Waals surface area (Å²) in [6.07, 6.45) is 1.36. The van der Waals surface area contributed by atoms with Gasteiger partial charge >= 0.3 is 5.69 Å². The highest BCUT2D eigenvalue weighted by molar-refractivity contribution is 14.1. The number of rotatable bonds is 6. The highest BCUT2D eigenvalue weighted by Crippen LogP contribution is 2.29. The third kappa shape index (κ3) is 4.47. The maximum atomic E-state index is 11.1. The molecular formula is C17H11IN4O5. The fraction of sp³-hybridized carbons (Fsp3) is 0. The lowest BCUT2D eigenvalue weighted by Crippen LogP contribution is -1.98. The number of benzene rings is 2. The van der Waals surface area contributed by atoms with Crippen LogP contribution < -0.4 is 5.43 Å². The molecule has 9 nitrogen and oxygen atoms in total. The average Bonchev–Trinajstić information content (AvgIpc) is 3.11.